The summed E-state index contributed by atoms with van der Waals surface area (Å²) in [7, 11) is -2.26. The first-order valence-electron chi connectivity index (χ1n) is 8.95. The standard InChI is InChI=1S/C21H20N4O3S/c1-14-10-15(2)20(12-19(14)28-3)29(26,27)24-17-7-4-6-16(11-17)18-13-25-9-5-8-22-21(25)23-18/h4-13,24H,1-3H3. The number of nitrogens with zero attached hydrogens (tertiary/aromatic N) is 3. The normalized spacial score (nSPS) is 11.6. The lowest BCUT2D eigenvalue weighted by atomic mass is 10.1. The Morgan fingerprint density at radius 3 is 2.66 bits per heavy atom. The number of sulfonamides is 1. The summed E-state index contributed by atoms with van der Waals surface area (Å²) < 4.78 is 35.7. The highest BCUT2D eigenvalue weighted by Gasteiger charge is 2.19. The summed E-state index contributed by atoms with van der Waals surface area (Å²) in [6, 6.07) is 12.3. The first-order valence-corrected chi connectivity index (χ1v) is 10.4. The number of ether oxygens (including phenoxy) is 1. The first kappa shape index (κ1) is 18.9. The second kappa shape index (κ2) is 7.21. The summed E-state index contributed by atoms with van der Waals surface area (Å²) >= 11 is 0. The molecule has 2 aromatic heterocycles. The number of anilines is 1. The van der Waals surface area contributed by atoms with Crippen molar-refractivity contribution < 1.29 is 13.2 Å². The molecule has 0 unspecified atom stereocenters. The maximum absolute atomic E-state index is 13.0. The van der Waals surface area contributed by atoms with Gasteiger partial charge in [-0.1, -0.05) is 18.2 Å². The number of imidazole rings is 1. The number of methoxy groups -OCH3 is 1. The van der Waals surface area contributed by atoms with Crippen LogP contribution in [-0.4, -0.2) is 29.9 Å². The van der Waals surface area contributed by atoms with E-state index in [1.165, 1.54) is 7.11 Å². The summed E-state index contributed by atoms with van der Waals surface area (Å²) in [4.78, 5) is 8.88. The van der Waals surface area contributed by atoms with Gasteiger partial charge in [0.05, 0.1) is 17.7 Å². The molecule has 2 aromatic carbocycles. The molecule has 0 aliphatic heterocycles. The highest BCUT2D eigenvalue weighted by atomic mass is 32.2. The lowest BCUT2D eigenvalue weighted by Gasteiger charge is -2.14. The number of benzene rings is 2. The molecule has 29 heavy (non-hydrogen) atoms. The minimum absolute atomic E-state index is 0.183. The van der Waals surface area contributed by atoms with Gasteiger partial charge in [0.2, 0.25) is 5.78 Å². The van der Waals surface area contributed by atoms with Crippen molar-refractivity contribution >= 4 is 21.5 Å². The van der Waals surface area contributed by atoms with E-state index in [4.69, 9.17) is 4.74 Å². The molecular formula is C21H20N4O3S. The maximum atomic E-state index is 13.0. The summed E-state index contributed by atoms with van der Waals surface area (Å²) in [5.74, 6) is 1.11. The Hall–Kier alpha value is -3.39. The minimum atomic E-state index is -3.78. The smallest absolute Gasteiger partial charge is 0.262 e. The van der Waals surface area contributed by atoms with Gasteiger partial charge in [0.1, 0.15) is 5.75 Å². The van der Waals surface area contributed by atoms with Gasteiger partial charge in [-0.2, -0.15) is 0 Å². The fraction of sp³-hybridized carbons (Fsp3) is 0.143. The van der Waals surface area contributed by atoms with Crippen molar-refractivity contribution in [2.45, 2.75) is 18.7 Å². The van der Waals surface area contributed by atoms with Crippen LogP contribution in [0.25, 0.3) is 17.0 Å². The molecule has 0 amide bonds. The van der Waals surface area contributed by atoms with Crippen LogP contribution in [0.4, 0.5) is 5.69 Å². The Morgan fingerprint density at radius 1 is 1.07 bits per heavy atom. The molecule has 4 aromatic rings. The average molecular weight is 408 g/mol. The molecule has 0 saturated heterocycles. The largest absolute Gasteiger partial charge is 0.496 e. The van der Waals surface area contributed by atoms with Gasteiger partial charge in [0, 0.05) is 35.9 Å². The van der Waals surface area contributed by atoms with E-state index in [-0.39, 0.29) is 4.90 Å². The van der Waals surface area contributed by atoms with Crippen LogP contribution in [0, 0.1) is 13.8 Å². The van der Waals surface area contributed by atoms with E-state index >= 15 is 0 Å². The van der Waals surface area contributed by atoms with Crippen molar-refractivity contribution in [3.63, 3.8) is 0 Å². The van der Waals surface area contributed by atoms with Crippen molar-refractivity contribution in [2.75, 3.05) is 11.8 Å². The predicted molar refractivity (Wildman–Crippen MR) is 112 cm³/mol. The number of hydrogen-bond donors (Lipinski definition) is 1. The van der Waals surface area contributed by atoms with Crippen molar-refractivity contribution in [3.8, 4) is 17.0 Å². The second-order valence-corrected chi connectivity index (χ2v) is 8.38. The summed E-state index contributed by atoms with van der Waals surface area (Å²) in [6.07, 6.45) is 5.39. The molecule has 0 spiro atoms. The molecule has 4 rings (SSSR count). The second-order valence-electron chi connectivity index (χ2n) is 6.73. The van der Waals surface area contributed by atoms with Gasteiger partial charge in [-0.15, -0.1) is 0 Å². The highest BCUT2D eigenvalue weighted by molar-refractivity contribution is 7.92. The van der Waals surface area contributed by atoms with Crippen molar-refractivity contribution in [1.82, 2.24) is 14.4 Å². The van der Waals surface area contributed by atoms with Gasteiger partial charge in [0.25, 0.3) is 10.0 Å². The Balaban J connectivity index is 1.69. The average Bonchev–Trinajstić information content (AvgIpc) is 3.12. The van der Waals surface area contributed by atoms with Crippen molar-refractivity contribution in [3.05, 3.63) is 72.2 Å². The quantitative estimate of drug-likeness (QED) is 0.543. The summed E-state index contributed by atoms with van der Waals surface area (Å²) in [6.45, 7) is 3.64. The molecule has 0 aliphatic carbocycles. The first-order chi connectivity index (χ1) is 13.9. The zero-order chi connectivity index (χ0) is 20.6. The SMILES string of the molecule is COc1cc(S(=O)(=O)Nc2cccc(-c3cn4cccnc4n3)c2)c(C)cc1C. The number of hydrogen-bond acceptors (Lipinski definition) is 5. The maximum Gasteiger partial charge on any atom is 0.262 e. The Labute approximate surface area is 169 Å². The fourth-order valence-electron chi connectivity index (χ4n) is 3.24. The van der Waals surface area contributed by atoms with E-state index in [1.54, 1.807) is 43.5 Å². The summed E-state index contributed by atoms with van der Waals surface area (Å²) in [5, 5.41) is 0. The third-order valence-corrected chi connectivity index (χ3v) is 6.15. The van der Waals surface area contributed by atoms with Gasteiger partial charge in [0.15, 0.2) is 0 Å². The van der Waals surface area contributed by atoms with E-state index in [2.05, 4.69) is 14.7 Å². The Morgan fingerprint density at radius 2 is 1.90 bits per heavy atom. The van der Waals surface area contributed by atoms with Gasteiger partial charge in [-0.3, -0.25) is 9.12 Å². The summed E-state index contributed by atoms with van der Waals surface area (Å²) in [5.41, 5.74) is 3.48. The van der Waals surface area contributed by atoms with E-state index in [9.17, 15) is 8.42 Å². The number of aryl methyl sites for hydroxylation is 2. The van der Waals surface area contributed by atoms with Crippen LogP contribution in [0.1, 0.15) is 11.1 Å². The molecule has 0 atom stereocenters. The van der Waals surface area contributed by atoms with Crippen molar-refractivity contribution in [2.24, 2.45) is 0 Å². The van der Waals surface area contributed by atoms with Crippen molar-refractivity contribution in [1.29, 1.82) is 0 Å². The van der Waals surface area contributed by atoms with Crippen LogP contribution in [0.15, 0.2) is 66.0 Å². The van der Waals surface area contributed by atoms with E-state index in [1.807, 2.05) is 35.9 Å². The predicted octanol–water partition coefficient (Wildman–Crippen LogP) is 3.82. The zero-order valence-corrected chi connectivity index (χ0v) is 17.1. The molecule has 2 heterocycles. The number of aromatic nitrogens is 3. The lowest BCUT2D eigenvalue weighted by Crippen LogP contribution is -2.14. The molecule has 7 nitrogen and oxygen atoms in total. The zero-order valence-electron chi connectivity index (χ0n) is 16.2. The Kier molecular flexibility index (Phi) is 4.71. The van der Waals surface area contributed by atoms with Gasteiger partial charge in [-0.05, 0) is 43.2 Å². The molecule has 0 bridgehead atoms. The van der Waals surface area contributed by atoms with Gasteiger partial charge in [-0.25, -0.2) is 18.4 Å². The minimum Gasteiger partial charge on any atom is -0.496 e. The topological polar surface area (TPSA) is 85.6 Å². The monoisotopic (exact) mass is 408 g/mol. The van der Waals surface area contributed by atoms with Crippen LogP contribution in [0.3, 0.4) is 0 Å². The van der Waals surface area contributed by atoms with Crippen LogP contribution in [0.2, 0.25) is 0 Å². The molecule has 0 fully saturated rings. The molecular weight excluding hydrogens is 388 g/mol. The number of rotatable bonds is 5. The molecule has 1 N–H and O–H groups in total. The lowest BCUT2D eigenvalue weighted by molar-refractivity contribution is 0.410. The third-order valence-electron chi connectivity index (χ3n) is 4.63. The molecule has 8 heteroatoms. The van der Waals surface area contributed by atoms with Crippen LogP contribution >= 0.6 is 0 Å². The van der Waals surface area contributed by atoms with Gasteiger partial charge >= 0.3 is 0 Å². The highest BCUT2D eigenvalue weighted by Crippen LogP contribution is 2.28. The molecule has 0 saturated carbocycles. The van der Waals surface area contributed by atoms with Gasteiger partial charge < -0.3 is 4.74 Å². The Bertz CT molecular complexity index is 1280. The number of nitrogens with one attached hydrogen (secondary N) is 1. The van der Waals surface area contributed by atoms with E-state index < -0.39 is 10.0 Å². The molecule has 0 radical (unpaired) electrons. The van der Waals surface area contributed by atoms with Crippen LogP contribution in [-0.2, 0) is 10.0 Å². The fourth-order valence-corrected chi connectivity index (χ4v) is 4.54. The number of fused-ring (bicyclic) bond motifs is 1. The third kappa shape index (κ3) is 3.66. The van der Waals surface area contributed by atoms with E-state index in [0.717, 1.165) is 11.1 Å². The van der Waals surface area contributed by atoms with E-state index in [0.29, 0.717) is 28.5 Å². The molecule has 148 valence electrons. The van der Waals surface area contributed by atoms with Crippen LogP contribution in [0.5, 0.6) is 5.75 Å². The molecule has 0 aliphatic rings. The van der Waals surface area contributed by atoms with Crippen LogP contribution < -0.4 is 9.46 Å².